The zero-order valence-corrected chi connectivity index (χ0v) is 18.3. The van der Waals surface area contributed by atoms with Crippen LogP contribution in [0.3, 0.4) is 0 Å². The summed E-state index contributed by atoms with van der Waals surface area (Å²) >= 11 is 0. The number of carbonyl (C=O) groups excluding carboxylic acids is 1. The van der Waals surface area contributed by atoms with Gasteiger partial charge >= 0.3 is 0 Å². The maximum absolute atomic E-state index is 13.2. The van der Waals surface area contributed by atoms with E-state index in [-0.39, 0.29) is 5.91 Å². The van der Waals surface area contributed by atoms with E-state index in [1.54, 1.807) is 0 Å². The fraction of sp³-hybridized carbons (Fsp3) is 0.143. The third kappa shape index (κ3) is 4.00. The summed E-state index contributed by atoms with van der Waals surface area (Å²) in [4.78, 5) is 17.7. The number of hydrogen-bond donors (Lipinski definition) is 2. The minimum atomic E-state index is -0.0734. The monoisotopic (exact) mass is 419 g/mol. The van der Waals surface area contributed by atoms with E-state index in [4.69, 9.17) is 0 Å². The number of aryl methyl sites for hydroxylation is 2. The summed E-state index contributed by atoms with van der Waals surface area (Å²) < 4.78 is 0. The molecule has 5 rings (SSSR count). The number of benzene rings is 3. The number of pyridine rings is 1. The van der Waals surface area contributed by atoms with Crippen LogP contribution in [0.25, 0.3) is 11.1 Å². The Morgan fingerprint density at radius 3 is 2.59 bits per heavy atom. The first-order chi connectivity index (χ1) is 15.6. The number of amides is 1. The third-order valence-corrected chi connectivity index (χ3v) is 5.85. The van der Waals surface area contributed by atoms with Crippen LogP contribution in [0, 0.1) is 13.8 Å². The molecule has 3 aromatic carbocycles. The van der Waals surface area contributed by atoms with Gasteiger partial charge in [-0.05, 0) is 84.0 Å². The number of fused-ring (bicyclic) bond motifs is 3. The number of hydrogen-bond acceptors (Lipinski definition) is 3. The zero-order chi connectivity index (χ0) is 22.1. The smallest absolute Gasteiger partial charge is 0.255 e. The van der Waals surface area contributed by atoms with Gasteiger partial charge in [-0.1, -0.05) is 48.5 Å². The molecule has 1 aliphatic rings. The lowest BCUT2D eigenvalue weighted by atomic mass is 10.0. The van der Waals surface area contributed by atoms with E-state index < -0.39 is 0 Å². The van der Waals surface area contributed by atoms with Crippen molar-refractivity contribution < 1.29 is 4.79 Å². The molecule has 0 unspecified atom stereocenters. The number of nitrogens with one attached hydrogen (secondary N) is 2. The molecule has 0 atom stereocenters. The predicted molar refractivity (Wildman–Crippen MR) is 130 cm³/mol. The van der Waals surface area contributed by atoms with Gasteiger partial charge in [-0.3, -0.25) is 4.79 Å². The molecule has 4 heteroatoms. The minimum Gasteiger partial charge on any atom is -0.366 e. The zero-order valence-electron chi connectivity index (χ0n) is 18.3. The topological polar surface area (TPSA) is 54.0 Å². The average molecular weight is 420 g/mol. The summed E-state index contributed by atoms with van der Waals surface area (Å²) in [5, 5.41) is 6.46. The van der Waals surface area contributed by atoms with Gasteiger partial charge in [0.2, 0.25) is 0 Å². The van der Waals surface area contributed by atoms with Crippen LogP contribution in [0.2, 0.25) is 0 Å². The van der Waals surface area contributed by atoms with E-state index in [2.05, 4.69) is 52.9 Å². The number of rotatable bonds is 5. The summed E-state index contributed by atoms with van der Waals surface area (Å²) in [7, 11) is 0. The maximum Gasteiger partial charge on any atom is 0.255 e. The molecular weight excluding hydrogens is 394 g/mol. The highest BCUT2D eigenvalue weighted by Crippen LogP contribution is 2.38. The van der Waals surface area contributed by atoms with E-state index in [1.807, 2.05) is 55.5 Å². The van der Waals surface area contributed by atoms with Gasteiger partial charge in [0, 0.05) is 23.5 Å². The van der Waals surface area contributed by atoms with Gasteiger partial charge in [-0.15, -0.1) is 0 Å². The molecule has 1 amide bonds. The van der Waals surface area contributed by atoms with Crippen molar-refractivity contribution in [2.24, 2.45) is 0 Å². The van der Waals surface area contributed by atoms with Gasteiger partial charge in [0.1, 0.15) is 5.82 Å². The maximum atomic E-state index is 13.2. The van der Waals surface area contributed by atoms with E-state index in [0.29, 0.717) is 6.54 Å². The van der Waals surface area contributed by atoms with Crippen LogP contribution >= 0.6 is 0 Å². The molecule has 0 fully saturated rings. The second-order valence-electron chi connectivity index (χ2n) is 8.34. The van der Waals surface area contributed by atoms with Crippen LogP contribution in [0.4, 0.5) is 11.5 Å². The van der Waals surface area contributed by atoms with E-state index >= 15 is 0 Å². The molecule has 0 saturated heterocycles. The summed E-state index contributed by atoms with van der Waals surface area (Å²) in [6, 6.07) is 26.4. The molecule has 4 aromatic rings. The van der Waals surface area contributed by atoms with Gasteiger partial charge in [0.25, 0.3) is 5.91 Å². The van der Waals surface area contributed by atoms with Gasteiger partial charge in [0.05, 0.1) is 0 Å². The first kappa shape index (κ1) is 20.0. The summed E-state index contributed by atoms with van der Waals surface area (Å²) in [5.41, 5.74) is 9.54. The van der Waals surface area contributed by atoms with Crippen molar-refractivity contribution in [3.8, 4) is 11.1 Å². The molecular formula is C28H25N3O. The van der Waals surface area contributed by atoms with Crippen molar-refractivity contribution in [2.45, 2.75) is 26.8 Å². The Kier molecular flexibility index (Phi) is 5.20. The molecule has 1 aliphatic carbocycles. The molecule has 1 aromatic heterocycles. The summed E-state index contributed by atoms with van der Waals surface area (Å²) in [5.74, 6) is 0.784. The van der Waals surface area contributed by atoms with Gasteiger partial charge in [-0.25, -0.2) is 4.98 Å². The Morgan fingerprint density at radius 2 is 1.72 bits per heavy atom. The lowest BCUT2D eigenvalue weighted by Crippen LogP contribution is -2.14. The van der Waals surface area contributed by atoms with Crippen molar-refractivity contribution in [1.29, 1.82) is 0 Å². The Morgan fingerprint density at radius 1 is 0.906 bits per heavy atom. The molecule has 2 N–H and O–H groups in total. The number of nitrogens with zero attached hydrogens (tertiary/aromatic N) is 1. The van der Waals surface area contributed by atoms with Crippen molar-refractivity contribution >= 4 is 17.4 Å². The van der Waals surface area contributed by atoms with Crippen molar-refractivity contribution in [2.75, 3.05) is 10.6 Å². The largest absolute Gasteiger partial charge is 0.366 e. The van der Waals surface area contributed by atoms with Gasteiger partial charge < -0.3 is 10.6 Å². The lowest BCUT2D eigenvalue weighted by molar-refractivity contribution is 0.102. The van der Waals surface area contributed by atoms with Crippen LogP contribution in [0.15, 0.2) is 78.9 Å². The van der Waals surface area contributed by atoms with Crippen LogP contribution in [0.5, 0.6) is 0 Å². The van der Waals surface area contributed by atoms with E-state index in [1.165, 1.54) is 16.7 Å². The Labute approximate surface area is 188 Å². The van der Waals surface area contributed by atoms with Crippen molar-refractivity contribution in [3.05, 3.63) is 112 Å². The normalized spacial score (nSPS) is 11.6. The van der Waals surface area contributed by atoms with Crippen LogP contribution < -0.4 is 10.6 Å². The molecule has 0 aliphatic heterocycles. The molecule has 0 saturated carbocycles. The standard InChI is InChI=1S/C28H25N3O/c1-18-13-19(2)30-27(14-18)29-17-20-7-5-9-22(15-20)31-28(32)25-12-6-11-24-23-10-4-3-8-21(23)16-26(24)25/h3-15H,16-17H2,1-2H3,(H,29,30)(H,31,32). The quantitative estimate of drug-likeness (QED) is 0.360. The van der Waals surface area contributed by atoms with Gasteiger partial charge in [-0.2, -0.15) is 0 Å². The van der Waals surface area contributed by atoms with Gasteiger partial charge in [0.15, 0.2) is 0 Å². The van der Waals surface area contributed by atoms with Crippen LogP contribution in [-0.4, -0.2) is 10.9 Å². The first-order valence-corrected chi connectivity index (χ1v) is 10.9. The number of aromatic nitrogens is 1. The average Bonchev–Trinajstić information content (AvgIpc) is 3.16. The van der Waals surface area contributed by atoms with E-state index in [9.17, 15) is 4.79 Å². The summed E-state index contributed by atoms with van der Waals surface area (Å²) in [6.07, 6.45) is 0.794. The Bertz CT molecular complexity index is 1310. The van der Waals surface area contributed by atoms with Crippen LogP contribution in [0.1, 0.15) is 38.3 Å². The molecule has 0 spiro atoms. The third-order valence-electron chi connectivity index (χ3n) is 5.85. The molecule has 1 heterocycles. The number of carbonyl (C=O) groups is 1. The highest BCUT2D eigenvalue weighted by atomic mass is 16.1. The Hall–Kier alpha value is -3.92. The fourth-order valence-corrected chi connectivity index (χ4v) is 4.45. The Balaban J connectivity index is 1.32. The minimum absolute atomic E-state index is 0.0734. The predicted octanol–water partition coefficient (Wildman–Crippen LogP) is 6.13. The van der Waals surface area contributed by atoms with Crippen molar-refractivity contribution in [1.82, 2.24) is 4.98 Å². The molecule has 0 radical (unpaired) electrons. The van der Waals surface area contributed by atoms with Crippen molar-refractivity contribution in [3.63, 3.8) is 0 Å². The molecule has 32 heavy (non-hydrogen) atoms. The SMILES string of the molecule is Cc1cc(C)nc(NCc2cccc(NC(=O)c3cccc4c3Cc3ccccc3-4)c2)c1. The highest BCUT2D eigenvalue weighted by molar-refractivity contribution is 6.07. The van der Waals surface area contributed by atoms with E-state index in [0.717, 1.165) is 45.9 Å². The lowest BCUT2D eigenvalue weighted by Gasteiger charge is -2.12. The summed E-state index contributed by atoms with van der Waals surface area (Å²) in [6.45, 7) is 4.69. The molecule has 4 nitrogen and oxygen atoms in total. The fourth-order valence-electron chi connectivity index (χ4n) is 4.45. The van der Waals surface area contributed by atoms with Crippen LogP contribution in [-0.2, 0) is 13.0 Å². The first-order valence-electron chi connectivity index (χ1n) is 10.9. The highest BCUT2D eigenvalue weighted by Gasteiger charge is 2.23. The number of anilines is 2. The molecule has 158 valence electrons. The second kappa shape index (κ2) is 8.31. The molecule has 0 bridgehead atoms. The second-order valence-corrected chi connectivity index (χ2v) is 8.34.